The first-order valence-corrected chi connectivity index (χ1v) is 6.55. The van der Waals surface area contributed by atoms with Gasteiger partial charge < -0.3 is 15.1 Å². The largest absolute Gasteiger partial charge is 0.358 e. The zero-order chi connectivity index (χ0) is 14.4. The van der Waals surface area contributed by atoms with Crippen molar-refractivity contribution < 1.29 is 4.79 Å². The van der Waals surface area contributed by atoms with Crippen LogP contribution < -0.4 is 10.2 Å². The number of nitrogens with zero attached hydrogens (tertiary/aromatic N) is 4. The van der Waals surface area contributed by atoms with Gasteiger partial charge >= 0.3 is 0 Å². The minimum atomic E-state index is -0.301. The highest BCUT2D eigenvalue weighted by atomic mass is 16.2. The van der Waals surface area contributed by atoms with Gasteiger partial charge in [-0.15, -0.1) is 0 Å². The number of carbonyl (C=O) groups excluding carboxylic acids is 1. The molecule has 0 aliphatic heterocycles. The lowest BCUT2D eigenvalue weighted by Crippen LogP contribution is -2.41. The number of anilines is 2. The molecule has 1 unspecified atom stereocenters. The van der Waals surface area contributed by atoms with Gasteiger partial charge in [-0.3, -0.25) is 4.79 Å². The lowest BCUT2D eigenvalue weighted by Gasteiger charge is -2.24. The number of hydrogen-bond acceptors (Lipinski definition) is 5. The molecule has 0 spiro atoms. The van der Waals surface area contributed by atoms with Crippen LogP contribution in [0.1, 0.15) is 20.8 Å². The second kappa shape index (κ2) is 6.92. The van der Waals surface area contributed by atoms with Crippen LogP contribution in [0.2, 0.25) is 0 Å². The predicted molar refractivity (Wildman–Crippen MR) is 77.4 cm³/mol. The zero-order valence-corrected chi connectivity index (χ0v) is 12.3. The van der Waals surface area contributed by atoms with Crippen LogP contribution in [0.3, 0.4) is 0 Å². The molecule has 1 aromatic rings. The fourth-order valence-electron chi connectivity index (χ4n) is 1.74. The van der Waals surface area contributed by atoms with E-state index in [9.17, 15) is 4.79 Å². The number of carbonyl (C=O) groups is 1. The van der Waals surface area contributed by atoms with E-state index in [2.05, 4.69) is 15.3 Å². The van der Waals surface area contributed by atoms with Crippen LogP contribution in [0, 0.1) is 0 Å². The van der Waals surface area contributed by atoms with Gasteiger partial charge in [0, 0.05) is 33.4 Å². The molecule has 1 aromatic heterocycles. The van der Waals surface area contributed by atoms with Crippen molar-refractivity contribution in [2.45, 2.75) is 26.8 Å². The van der Waals surface area contributed by atoms with E-state index in [1.165, 1.54) is 0 Å². The first-order valence-electron chi connectivity index (χ1n) is 6.55. The molecule has 0 saturated carbocycles. The second-order valence-corrected chi connectivity index (χ2v) is 4.51. The summed E-state index contributed by atoms with van der Waals surface area (Å²) in [6.07, 6.45) is 1.68. The molecular formula is C13H23N5O. The van der Waals surface area contributed by atoms with E-state index in [4.69, 9.17) is 0 Å². The number of amides is 1. The smallest absolute Gasteiger partial charge is 0.244 e. The van der Waals surface area contributed by atoms with Crippen LogP contribution in [-0.4, -0.2) is 54.0 Å². The standard InChI is InChI=1S/C13H23N5O/c1-6-18(7-2)12(19)10(3)15-11-8-9-14-13(16-11)17(4)5/h8-10H,6-7H2,1-5H3,(H,14,15,16). The lowest BCUT2D eigenvalue weighted by atomic mass is 10.2. The lowest BCUT2D eigenvalue weighted by molar-refractivity contribution is -0.131. The van der Waals surface area contributed by atoms with E-state index in [1.807, 2.05) is 39.8 Å². The Morgan fingerprint density at radius 2 is 2.00 bits per heavy atom. The Bertz CT molecular complexity index is 417. The number of hydrogen-bond donors (Lipinski definition) is 1. The van der Waals surface area contributed by atoms with Gasteiger partial charge in [0.25, 0.3) is 0 Å². The topological polar surface area (TPSA) is 61.4 Å². The third kappa shape index (κ3) is 4.08. The molecule has 6 nitrogen and oxygen atoms in total. The van der Waals surface area contributed by atoms with Crippen molar-refractivity contribution >= 4 is 17.7 Å². The minimum absolute atomic E-state index is 0.0787. The maximum absolute atomic E-state index is 12.1. The molecule has 0 aliphatic carbocycles. The number of aromatic nitrogens is 2. The van der Waals surface area contributed by atoms with Crippen LogP contribution in [0.4, 0.5) is 11.8 Å². The zero-order valence-electron chi connectivity index (χ0n) is 12.3. The van der Waals surface area contributed by atoms with Crippen LogP contribution in [0.25, 0.3) is 0 Å². The van der Waals surface area contributed by atoms with Gasteiger partial charge in [0.15, 0.2) is 0 Å². The van der Waals surface area contributed by atoms with E-state index in [-0.39, 0.29) is 11.9 Å². The summed E-state index contributed by atoms with van der Waals surface area (Å²) in [6, 6.07) is 1.46. The van der Waals surface area contributed by atoms with Crippen molar-refractivity contribution in [1.29, 1.82) is 0 Å². The average molecular weight is 265 g/mol. The van der Waals surface area contributed by atoms with Crippen molar-refractivity contribution in [3.05, 3.63) is 12.3 Å². The second-order valence-electron chi connectivity index (χ2n) is 4.51. The van der Waals surface area contributed by atoms with Crippen LogP contribution in [-0.2, 0) is 4.79 Å². The Morgan fingerprint density at radius 3 is 2.53 bits per heavy atom. The van der Waals surface area contributed by atoms with E-state index in [1.54, 1.807) is 17.2 Å². The molecule has 0 fully saturated rings. The van der Waals surface area contributed by atoms with E-state index in [0.29, 0.717) is 24.9 Å². The SMILES string of the molecule is CCN(CC)C(=O)C(C)Nc1ccnc(N(C)C)n1. The molecular weight excluding hydrogens is 242 g/mol. The number of nitrogens with one attached hydrogen (secondary N) is 1. The molecule has 0 bridgehead atoms. The third-order valence-electron chi connectivity index (χ3n) is 2.85. The minimum Gasteiger partial charge on any atom is -0.358 e. The molecule has 1 atom stereocenters. The maximum Gasteiger partial charge on any atom is 0.244 e. The normalized spacial score (nSPS) is 11.8. The van der Waals surface area contributed by atoms with Crippen LogP contribution in [0.15, 0.2) is 12.3 Å². The molecule has 0 saturated heterocycles. The summed E-state index contributed by atoms with van der Waals surface area (Å²) in [5, 5.41) is 3.12. The summed E-state index contributed by atoms with van der Waals surface area (Å²) in [4.78, 5) is 24.2. The van der Waals surface area contributed by atoms with Crippen molar-refractivity contribution in [3.8, 4) is 0 Å². The summed E-state index contributed by atoms with van der Waals surface area (Å²) in [6.45, 7) is 7.23. The van der Waals surface area contributed by atoms with Crippen molar-refractivity contribution in [2.24, 2.45) is 0 Å². The average Bonchev–Trinajstić information content (AvgIpc) is 2.40. The quantitative estimate of drug-likeness (QED) is 0.837. The Kier molecular flexibility index (Phi) is 5.54. The van der Waals surface area contributed by atoms with Gasteiger partial charge in [0.05, 0.1) is 0 Å². The molecule has 106 valence electrons. The fourth-order valence-corrected chi connectivity index (χ4v) is 1.74. The summed E-state index contributed by atoms with van der Waals surface area (Å²) in [7, 11) is 3.76. The molecule has 0 radical (unpaired) electrons. The molecule has 19 heavy (non-hydrogen) atoms. The summed E-state index contributed by atoms with van der Waals surface area (Å²) >= 11 is 0. The summed E-state index contributed by atoms with van der Waals surface area (Å²) in [5.74, 6) is 1.36. The predicted octanol–water partition coefficient (Wildman–Crippen LogP) is 1.21. The summed E-state index contributed by atoms with van der Waals surface area (Å²) in [5.41, 5.74) is 0. The molecule has 0 aromatic carbocycles. The summed E-state index contributed by atoms with van der Waals surface area (Å²) < 4.78 is 0. The Labute approximate surface area is 114 Å². The Morgan fingerprint density at radius 1 is 1.37 bits per heavy atom. The molecule has 1 N–H and O–H groups in total. The van der Waals surface area contributed by atoms with E-state index >= 15 is 0 Å². The third-order valence-corrected chi connectivity index (χ3v) is 2.85. The van der Waals surface area contributed by atoms with Crippen LogP contribution in [0.5, 0.6) is 0 Å². The first-order chi connectivity index (χ1) is 8.99. The van der Waals surface area contributed by atoms with Crippen molar-refractivity contribution in [3.63, 3.8) is 0 Å². The molecule has 0 aliphatic rings. The first kappa shape index (κ1) is 15.2. The van der Waals surface area contributed by atoms with E-state index in [0.717, 1.165) is 0 Å². The highest BCUT2D eigenvalue weighted by molar-refractivity contribution is 5.84. The number of likely N-dealkylation sites (N-methyl/N-ethyl adjacent to an activating group) is 1. The molecule has 6 heteroatoms. The molecule has 1 amide bonds. The van der Waals surface area contributed by atoms with Crippen LogP contribution >= 0.6 is 0 Å². The van der Waals surface area contributed by atoms with Gasteiger partial charge in [-0.25, -0.2) is 4.98 Å². The van der Waals surface area contributed by atoms with Crippen molar-refractivity contribution in [1.82, 2.24) is 14.9 Å². The fraction of sp³-hybridized carbons (Fsp3) is 0.615. The molecule has 1 heterocycles. The van der Waals surface area contributed by atoms with Gasteiger partial charge in [-0.05, 0) is 26.8 Å². The van der Waals surface area contributed by atoms with Gasteiger partial charge in [0.1, 0.15) is 11.9 Å². The highest BCUT2D eigenvalue weighted by Crippen LogP contribution is 2.10. The Balaban J connectivity index is 2.73. The van der Waals surface area contributed by atoms with Gasteiger partial charge in [-0.1, -0.05) is 0 Å². The Hall–Kier alpha value is -1.85. The number of rotatable bonds is 6. The highest BCUT2D eigenvalue weighted by Gasteiger charge is 2.18. The van der Waals surface area contributed by atoms with Gasteiger partial charge in [0.2, 0.25) is 11.9 Å². The maximum atomic E-state index is 12.1. The monoisotopic (exact) mass is 265 g/mol. The molecule has 1 rings (SSSR count). The van der Waals surface area contributed by atoms with E-state index < -0.39 is 0 Å². The van der Waals surface area contributed by atoms with Gasteiger partial charge in [-0.2, -0.15) is 4.98 Å². The van der Waals surface area contributed by atoms with Crippen molar-refractivity contribution in [2.75, 3.05) is 37.4 Å².